The van der Waals surface area contributed by atoms with Crippen molar-refractivity contribution >= 4 is 23.9 Å². The van der Waals surface area contributed by atoms with E-state index in [0.29, 0.717) is 0 Å². The van der Waals surface area contributed by atoms with Crippen molar-refractivity contribution in [2.45, 2.75) is 77.4 Å². The molecule has 202 valence electrons. The molecule has 3 atom stereocenters. The number of nitrogens with zero attached hydrogens (tertiary/aromatic N) is 2. The Morgan fingerprint density at radius 1 is 1.16 bits per heavy atom. The number of ether oxygens (including phenoxy) is 3. The SMILES string of the molecule is COC(=O)[C@H]1COC(C)(C)N1C(=O)[C@H](CC(C)C)NC(=O)[C@H](CCC#N)NC(=O)OCc1ccccc1. The molecule has 2 N–H and O–H groups in total. The first kappa shape index (κ1) is 29.6. The largest absolute Gasteiger partial charge is 0.467 e. The molecule has 1 fully saturated rings. The number of nitriles is 1. The van der Waals surface area contributed by atoms with E-state index in [9.17, 15) is 19.2 Å². The summed E-state index contributed by atoms with van der Waals surface area (Å²) in [5.41, 5.74) is -0.329. The lowest BCUT2D eigenvalue weighted by Crippen LogP contribution is -2.59. The molecule has 0 radical (unpaired) electrons. The van der Waals surface area contributed by atoms with Gasteiger partial charge in [0.15, 0.2) is 6.04 Å². The maximum absolute atomic E-state index is 13.6. The summed E-state index contributed by atoms with van der Waals surface area (Å²) in [7, 11) is 1.23. The molecule has 1 heterocycles. The van der Waals surface area contributed by atoms with Crippen LogP contribution in [0.4, 0.5) is 4.79 Å². The van der Waals surface area contributed by atoms with Gasteiger partial charge in [-0.15, -0.1) is 0 Å². The summed E-state index contributed by atoms with van der Waals surface area (Å²) in [5, 5.41) is 14.2. The van der Waals surface area contributed by atoms with Crippen molar-refractivity contribution in [2.24, 2.45) is 5.92 Å². The van der Waals surface area contributed by atoms with Crippen LogP contribution in [0.1, 0.15) is 52.5 Å². The van der Waals surface area contributed by atoms with Crippen molar-refractivity contribution in [1.82, 2.24) is 15.5 Å². The summed E-state index contributed by atoms with van der Waals surface area (Å²) in [5.74, 6) is -1.76. The standard InChI is InChI=1S/C26H36N4O7/c1-17(2)14-20(23(32)30-21(24(33)35-5)16-37-26(30,3)4)28-22(31)19(12-9-13-27)29-25(34)36-15-18-10-7-6-8-11-18/h6-8,10-11,17,19-21H,9,12,14-16H2,1-5H3,(H,28,31)(H,29,34)/t19-,20-,21+/m0/s1. The third kappa shape index (κ3) is 8.46. The molecule has 1 saturated heterocycles. The van der Waals surface area contributed by atoms with E-state index in [0.717, 1.165) is 5.56 Å². The van der Waals surface area contributed by atoms with Gasteiger partial charge in [0, 0.05) is 6.42 Å². The predicted molar refractivity (Wildman–Crippen MR) is 132 cm³/mol. The van der Waals surface area contributed by atoms with Crippen LogP contribution in [0, 0.1) is 17.2 Å². The molecule has 0 aromatic heterocycles. The Balaban J connectivity index is 2.17. The second kappa shape index (κ2) is 13.6. The number of benzene rings is 1. The number of methoxy groups -OCH3 is 1. The fourth-order valence-corrected chi connectivity index (χ4v) is 4.05. The van der Waals surface area contributed by atoms with Crippen molar-refractivity contribution in [3.63, 3.8) is 0 Å². The van der Waals surface area contributed by atoms with Gasteiger partial charge in [0.2, 0.25) is 11.8 Å². The zero-order valence-electron chi connectivity index (χ0n) is 22.0. The lowest BCUT2D eigenvalue weighted by Gasteiger charge is -2.36. The average Bonchev–Trinajstić information content (AvgIpc) is 3.18. The average molecular weight is 517 g/mol. The molecule has 11 nitrogen and oxygen atoms in total. The summed E-state index contributed by atoms with van der Waals surface area (Å²) in [6.45, 7) is 7.06. The molecule has 0 spiro atoms. The molecule has 0 aliphatic carbocycles. The minimum absolute atomic E-state index is 0.00272. The third-order valence-electron chi connectivity index (χ3n) is 5.88. The maximum atomic E-state index is 13.6. The number of hydrogen-bond donors (Lipinski definition) is 2. The Morgan fingerprint density at radius 2 is 1.84 bits per heavy atom. The van der Waals surface area contributed by atoms with Crippen molar-refractivity contribution in [3.8, 4) is 6.07 Å². The molecule has 0 unspecified atom stereocenters. The lowest BCUT2D eigenvalue weighted by atomic mass is 10.00. The van der Waals surface area contributed by atoms with Crippen LogP contribution >= 0.6 is 0 Å². The van der Waals surface area contributed by atoms with Gasteiger partial charge < -0.3 is 24.8 Å². The zero-order valence-corrected chi connectivity index (χ0v) is 22.0. The number of hydrogen-bond acceptors (Lipinski definition) is 8. The third-order valence-corrected chi connectivity index (χ3v) is 5.88. The molecular formula is C26H36N4O7. The number of rotatable bonds is 11. The van der Waals surface area contributed by atoms with E-state index >= 15 is 0 Å². The molecule has 2 rings (SSSR count). The number of carbonyl (C=O) groups excluding carboxylic acids is 4. The van der Waals surface area contributed by atoms with Crippen LogP contribution in [0.15, 0.2) is 30.3 Å². The minimum Gasteiger partial charge on any atom is -0.467 e. The highest BCUT2D eigenvalue weighted by molar-refractivity contribution is 5.93. The number of esters is 1. The van der Waals surface area contributed by atoms with Gasteiger partial charge >= 0.3 is 12.1 Å². The molecule has 11 heteroatoms. The van der Waals surface area contributed by atoms with Crippen LogP contribution < -0.4 is 10.6 Å². The predicted octanol–water partition coefficient (Wildman–Crippen LogP) is 2.25. The summed E-state index contributed by atoms with van der Waals surface area (Å²) >= 11 is 0. The van der Waals surface area contributed by atoms with Crippen LogP contribution in [-0.2, 0) is 35.2 Å². The van der Waals surface area contributed by atoms with E-state index < -0.39 is 47.7 Å². The molecule has 1 aromatic carbocycles. The molecule has 0 saturated carbocycles. The quantitative estimate of drug-likeness (QED) is 0.426. The second-order valence-electron chi connectivity index (χ2n) is 9.65. The summed E-state index contributed by atoms with van der Waals surface area (Å²) in [4.78, 5) is 52.9. The molecule has 1 aliphatic rings. The van der Waals surface area contributed by atoms with E-state index in [1.165, 1.54) is 12.0 Å². The Kier molecular flexibility index (Phi) is 10.9. The van der Waals surface area contributed by atoms with Gasteiger partial charge in [0.25, 0.3) is 0 Å². The second-order valence-corrected chi connectivity index (χ2v) is 9.65. The maximum Gasteiger partial charge on any atom is 0.408 e. The van der Waals surface area contributed by atoms with Crippen molar-refractivity contribution in [1.29, 1.82) is 5.26 Å². The Morgan fingerprint density at radius 3 is 2.43 bits per heavy atom. The van der Waals surface area contributed by atoms with Crippen molar-refractivity contribution in [2.75, 3.05) is 13.7 Å². The fraction of sp³-hybridized carbons (Fsp3) is 0.577. The van der Waals surface area contributed by atoms with Crippen LogP contribution in [-0.4, -0.2) is 66.3 Å². The van der Waals surface area contributed by atoms with Crippen LogP contribution in [0.2, 0.25) is 0 Å². The Bertz CT molecular complexity index is 990. The molecule has 1 aliphatic heterocycles. The molecular weight excluding hydrogens is 480 g/mol. The highest BCUT2D eigenvalue weighted by atomic mass is 16.6. The van der Waals surface area contributed by atoms with Crippen molar-refractivity contribution in [3.05, 3.63) is 35.9 Å². The normalized spacial score (nSPS) is 17.9. The van der Waals surface area contributed by atoms with Gasteiger partial charge in [0.1, 0.15) is 24.4 Å². The molecule has 3 amide bonds. The first-order valence-corrected chi connectivity index (χ1v) is 12.2. The van der Waals surface area contributed by atoms with Crippen LogP contribution in [0.25, 0.3) is 0 Å². The molecule has 1 aromatic rings. The number of carbonyl (C=O) groups is 4. The van der Waals surface area contributed by atoms with E-state index in [4.69, 9.17) is 19.5 Å². The number of alkyl carbamates (subject to hydrolysis) is 1. The Labute approximate surface area is 217 Å². The lowest BCUT2D eigenvalue weighted by molar-refractivity contribution is -0.159. The van der Waals surface area contributed by atoms with E-state index in [1.54, 1.807) is 26.0 Å². The van der Waals surface area contributed by atoms with Gasteiger partial charge in [-0.3, -0.25) is 14.5 Å². The highest BCUT2D eigenvalue weighted by Crippen LogP contribution is 2.29. The van der Waals surface area contributed by atoms with Crippen LogP contribution in [0.3, 0.4) is 0 Å². The topological polar surface area (TPSA) is 147 Å². The Hall–Kier alpha value is -3.65. The van der Waals surface area contributed by atoms with Gasteiger partial charge in [-0.05, 0) is 38.2 Å². The van der Waals surface area contributed by atoms with Gasteiger partial charge in [-0.25, -0.2) is 9.59 Å². The van der Waals surface area contributed by atoms with Crippen molar-refractivity contribution < 1.29 is 33.4 Å². The van der Waals surface area contributed by atoms with E-state index in [2.05, 4.69) is 10.6 Å². The first-order valence-electron chi connectivity index (χ1n) is 12.2. The van der Waals surface area contributed by atoms with Gasteiger partial charge in [-0.1, -0.05) is 44.2 Å². The molecule has 0 bridgehead atoms. The first-order chi connectivity index (χ1) is 17.5. The summed E-state index contributed by atoms with van der Waals surface area (Å²) in [6, 6.07) is 7.92. The number of nitrogens with one attached hydrogen (secondary N) is 2. The van der Waals surface area contributed by atoms with Crippen LogP contribution in [0.5, 0.6) is 0 Å². The van der Waals surface area contributed by atoms with Gasteiger partial charge in [-0.2, -0.15) is 5.26 Å². The van der Waals surface area contributed by atoms with Gasteiger partial charge in [0.05, 0.1) is 19.8 Å². The summed E-state index contributed by atoms with van der Waals surface area (Å²) in [6.07, 6.45) is -0.534. The smallest absolute Gasteiger partial charge is 0.408 e. The number of amides is 3. The summed E-state index contributed by atoms with van der Waals surface area (Å²) < 4.78 is 15.7. The zero-order chi connectivity index (χ0) is 27.6. The molecule has 37 heavy (non-hydrogen) atoms. The highest BCUT2D eigenvalue weighted by Gasteiger charge is 2.49. The minimum atomic E-state index is -1.11. The monoisotopic (exact) mass is 516 g/mol. The van der Waals surface area contributed by atoms with E-state index in [1.807, 2.05) is 38.1 Å². The van der Waals surface area contributed by atoms with E-state index in [-0.39, 0.29) is 38.4 Å². The fourth-order valence-electron chi connectivity index (χ4n) is 4.05.